The van der Waals surface area contributed by atoms with Gasteiger partial charge in [0.05, 0.1) is 0 Å². The van der Waals surface area contributed by atoms with E-state index >= 15 is 0 Å². The van der Waals surface area contributed by atoms with Crippen LogP contribution >= 0.6 is 0 Å². The minimum atomic E-state index is -0.404. The molecule has 0 saturated carbocycles. The van der Waals surface area contributed by atoms with Gasteiger partial charge in [-0.2, -0.15) is 0 Å². The Morgan fingerprint density at radius 3 is 2.77 bits per heavy atom. The van der Waals surface area contributed by atoms with Crippen molar-refractivity contribution in [2.75, 3.05) is 30.3 Å². The summed E-state index contributed by atoms with van der Waals surface area (Å²) in [6.07, 6.45) is 4.50. The number of ether oxygens (including phenoxy) is 1. The monoisotopic (exact) mass is 355 g/mol. The van der Waals surface area contributed by atoms with Crippen molar-refractivity contribution >= 4 is 23.5 Å². The van der Waals surface area contributed by atoms with Crippen LogP contribution in [0.25, 0.3) is 0 Å². The first-order chi connectivity index (χ1) is 12.7. The molecule has 1 fully saturated rings. The normalized spacial score (nSPS) is 16.1. The van der Waals surface area contributed by atoms with Gasteiger partial charge < -0.3 is 20.7 Å². The van der Waals surface area contributed by atoms with Crippen LogP contribution in [0, 0.1) is 0 Å². The average molecular weight is 355 g/mol. The second-order valence-electron chi connectivity index (χ2n) is 5.83. The van der Waals surface area contributed by atoms with Crippen LogP contribution in [0.3, 0.4) is 0 Å². The summed E-state index contributed by atoms with van der Waals surface area (Å²) in [6.45, 7) is 1.54. The number of carbonyl (C=O) groups excluding carboxylic acids is 2. The molecule has 1 aromatic heterocycles. The highest BCUT2D eigenvalue weighted by atomic mass is 16.5. The van der Waals surface area contributed by atoms with Gasteiger partial charge >= 0.3 is 0 Å². The third-order valence-electron chi connectivity index (χ3n) is 3.87. The first-order valence-electron chi connectivity index (χ1n) is 8.54. The summed E-state index contributed by atoms with van der Waals surface area (Å²) in [6, 6.07) is 8.56. The Balaban J connectivity index is 1.47. The van der Waals surface area contributed by atoms with Crippen molar-refractivity contribution < 1.29 is 14.3 Å². The molecule has 2 aromatic rings. The van der Waals surface area contributed by atoms with Gasteiger partial charge in [0.2, 0.25) is 5.95 Å². The number of hydrogen-bond acceptors (Lipinski definition) is 6. The number of aromatic nitrogens is 2. The third-order valence-corrected chi connectivity index (χ3v) is 3.87. The lowest BCUT2D eigenvalue weighted by Gasteiger charge is -2.11. The highest BCUT2D eigenvalue weighted by Gasteiger charge is 2.23. The van der Waals surface area contributed by atoms with Gasteiger partial charge in [-0.25, -0.2) is 9.97 Å². The molecule has 0 unspecified atom stereocenters. The van der Waals surface area contributed by atoms with Gasteiger partial charge in [0.25, 0.3) is 11.8 Å². The van der Waals surface area contributed by atoms with Crippen molar-refractivity contribution in [1.29, 1.82) is 0 Å². The van der Waals surface area contributed by atoms with E-state index in [2.05, 4.69) is 25.9 Å². The molecule has 26 heavy (non-hydrogen) atoms. The molecule has 8 heteroatoms. The molecular formula is C18H21N5O3. The van der Waals surface area contributed by atoms with E-state index < -0.39 is 6.10 Å². The van der Waals surface area contributed by atoms with E-state index in [1.165, 1.54) is 0 Å². The van der Waals surface area contributed by atoms with Crippen LogP contribution in [0.4, 0.5) is 11.6 Å². The summed E-state index contributed by atoms with van der Waals surface area (Å²) in [5.41, 5.74) is 1.06. The molecule has 1 atom stereocenters. The zero-order chi connectivity index (χ0) is 18.2. The fraction of sp³-hybridized carbons (Fsp3) is 0.333. The van der Waals surface area contributed by atoms with Gasteiger partial charge in [-0.1, -0.05) is 6.07 Å². The van der Waals surface area contributed by atoms with Crippen LogP contribution < -0.4 is 16.0 Å². The Morgan fingerprint density at radius 1 is 1.15 bits per heavy atom. The topological polar surface area (TPSA) is 105 Å². The Kier molecular flexibility index (Phi) is 6.10. The van der Waals surface area contributed by atoms with Crippen LogP contribution in [-0.2, 0) is 9.53 Å². The molecule has 136 valence electrons. The number of nitrogens with zero attached hydrogens (tertiary/aromatic N) is 2. The average Bonchev–Trinajstić information content (AvgIpc) is 3.21. The summed E-state index contributed by atoms with van der Waals surface area (Å²) in [5, 5.41) is 8.62. The van der Waals surface area contributed by atoms with E-state index in [4.69, 9.17) is 4.74 Å². The molecule has 3 N–H and O–H groups in total. The zero-order valence-electron chi connectivity index (χ0n) is 14.3. The molecule has 1 aromatic carbocycles. The largest absolute Gasteiger partial charge is 0.368 e. The maximum atomic E-state index is 12.2. The lowest BCUT2D eigenvalue weighted by atomic mass is 10.1. The number of anilines is 2. The van der Waals surface area contributed by atoms with Gasteiger partial charge in [-0.15, -0.1) is 0 Å². The second-order valence-corrected chi connectivity index (χ2v) is 5.83. The maximum Gasteiger partial charge on any atom is 0.253 e. The summed E-state index contributed by atoms with van der Waals surface area (Å²) in [7, 11) is 0. The number of hydrogen-bond donors (Lipinski definition) is 3. The van der Waals surface area contributed by atoms with Gasteiger partial charge in [0.15, 0.2) is 0 Å². The Labute approximate surface area is 151 Å². The van der Waals surface area contributed by atoms with Gasteiger partial charge in [0, 0.05) is 43.3 Å². The van der Waals surface area contributed by atoms with Crippen molar-refractivity contribution in [1.82, 2.24) is 15.3 Å². The maximum absolute atomic E-state index is 12.2. The Bertz CT molecular complexity index is 748. The van der Waals surface area contributed by atoms with Crippen LogP contribution in [0.15, 0.2) is 42.7 Å². The van der Waals surface area contributed by atoms with Gasteiger partial charge in [-0.05, 0) is 37.1 Å². The zero-order valence-corrected chi connectivity index (χ0v) is 14.3. The third kappa shape index (κ3) is 5.00. The molecule has 1 saturated heterocycles. The van der Waals surface area contributed by atoms with Crippen molar-refractivity contribution in [3.05, 3.63) is 48.3 Å². The first-order valence-corrected chi connectivity index (χ1v) is 8.54. The van der Waals surface area contributed by atoms with E-state index in [1.807, 2.05) is 0 Å². The van der Waals surface area contributed by atoms with E-state index in [0.717, 1.165) is 12.8 Å². The minimum Gasteiger partial charge on any atom is -0.368 e. The van der Waals surface area contributed by atoms with Crippen molar-refractivity contribution in [2.45, 2.75) is 18.9 Å². The molecule has 1 aliphatic heterocycles. The summed E-state index contributed by atoms with van der Waals surface area (Å²) in [5.74, 6) is 0.127. The fourth-order valence-electron chi connectivity index (χ4n) is 2.59. The molecular weight excluding hydrogens is 334 g/mol. The van der Waals surface area contributed by atoms with Crippen LogP contribution in [0.2, 0.25) is 0 Å². The molecule has 0 bridgehead atoms. The number of nitrogens with one attached hydrogen (secondary N) is 3. The van der Waals surface area contributed by atoms with E-state index in [0.29, 0.717) is 36.9 Å². The molecule has 0 radical (unpaired) electrons. The van der Waals surface area contributed by atoms with Gasteiger partial charge in [-0.3, -0.25) is 9.59 Å². The van der Waals surface area contributed by atoms with Crippen LogP contribution in [0.1, 0.15) is 23.2 Å². The Morgan fingerprint density at radius 2 is 2.00 bits per heavy atom. The number of rotatable bonds is 7. The summed E-state index contributed by atoms with van der Waals surface area (Å²) >= 11 is 0. The lowest BCUT2D eigenvalue weighted by molar-refractivity contribution is -0.124. The quantitative estimate of drug-likeness (QED) is 0.649. The molecule has 2 amide bonds. The molecule has 0 spiro atoms. The highest BCUT2D eigenvalue weighted by molar-refractivity contribution is 5.98. The predicted molar refractivity (Wildman–Crippen MR) is 96.9 cm³/mol. The fourth-order valence-corrected chi connectivity index (χ4v) is 2.59. The molecule has 3 rings (SSSR count). The Hall–Kier alpha value is -3.00. The molecule has 0 aliphatic carbocycles. The molecule has 8 nitrogen and oxygen atoms in total. The van der Waals surface area contributed by atoms with Crippen LogP contribution in [-0.4, -0.2) is 47.6 Å². The second kappa shape index (κ2) is 8.91. The van der Waals surface area contributed by atoms with Crippen molar-refractivity contribution in [3.63, 3.8) is 0 Å². The molecule has 1 aliphatic rings. The van der Waals surface area contributed by atoms with E-state index in [-0.39, 0.29) is 11.8 Å². The smallest absolute Gasteiger partial charge is 0.253 e. The number of carbonyl (C=O) groups is 2. The van der Waals surface area contributed by atoms with Crippen LogP contribution in [0.5, 0.6) is 0 Å². The summed E-state index contributed by atoms with van der Waals surface area (Å²) in [4.78, 5) is 32.4. The van der Waals surface area contributed by atoms with E-state index in [9.17, 15) is 9.59 Å². The SMILES string of the molecule is O=C(NCCNc1ncccn1)c1cccc(NC(=O)[C@@H]2CCCO2)c1. The van der Waals surface area contributed by atoms with Crippen molar-refractivity contribution in [3.8, 4) is 0 Å². The standard InChI is InChI=1S/C18H21N5O3/c24-16(19-9-10-22-18-20-7-3-8-21-18)13-4-1-5-14(12-13)23-17(25)15-6-2-11-26-15/h1,3-5,7-8,12,15H,2,6,9-11H2,(H,19,24)(H,23,25)(H,20,21,22)/t15-/m0/s1. The number of amides is 2. The minimum absolute atomic E-state index is 0.174. The molecule has 2 heterocycles. The number of benzene rings is 1. The predicted octanol–water partition coefficient (Wildman–Crippen LogP) is 1.44. The summed E-state index contributed by atoms with van der Waals surface area (Å²) < 4.78 is 5.36. The van der Waals surface area contributed by atoms with E-state index in [1.54, 1.807) is 42.7 Å². The van der Waals surface area contributed by atoms with Crippen molar-refractivity contribution in [2.24, 2.45) is 0 Å². The lowest BCUT2D eigenvalue weighted by Crippen LogP contribution is -2.29. The van der Waals surface area contributed by atoms with Gasteiger partial charge in [0.1, 0.15) is 6.10 Å². The highest BCUT2D eigenvalue weighted by Crippen LogP contribution is 2.16. The first kappa shape index (κ1) is 17.8.